The summed E-state index contributed by atoms with van der Waals surface area (Å²) in [6, 6.07) is 1.55. The Balaban J connectivity index is 2.20. The Morgan fingerprint density at radius 1 is 1.53 bits per heavy atom. The number of rotatable bonds is 4. The van der Waals surface area contributed by atoms with Crippen LogP contribution in [0.2, 0.25) is 0 Å². The number of aromatic nitrogens is 3. The molecular formula is C11H13N3O3. The molecular weight excluding hydrogens is 222 g/mol. The van der Waals surface area contributed by atoms with Gasteiger partial charge in [-0.05, 0) is 13.8 Å². The third-order valence-corrected chi connectivity index (χ3v) is 2.24. The second kappa shape index (κ2) is 4.82. The molecule has 0 aliphatic rings. The molecule has 0 fully saturated rings. The molecule has 0 aromatic carbocycles. The van der Waals surface area contributed by atoms with Gasteiger partial charge in [0.2, 0.25) is 0 Å². The minimum Gasteiger partial charge on any atom is -0.461 e. The lowest BCUT2D eigenvalue weighted by Gasteiger charge is -1.94. The van der Waals surface area contributed by atoms with Crippen molar-refractivity contribution >= 4 is 5.97 Å². The van der Waals surface area contributed by atoms with Crippen molar-refractivity contribution in [3.8, 4) is 11.3 Å². The van der Waals surface area contributed by atoms with Crippen LogP contribution in [-0.2, 0) is 11.3 Å². The maximum Gasteiger partial charge on any atom is 0.360 e. The Kier molecular flexibility index (Phi) is 3.22. The number of hydrogen-bond acceptors (Lipinski definition) is 5. The first-order valence-corrected chi connectivity index (χ1v) is 5.41. The minimum absolute atomic E-state index is 0.172. The molecule has 0 N–H and O–H groups in total. The fourth-order valence-electron chi connectivity index (χ4n) is 1.38. The number of hydrogen-bond donors (Lipinski definition) is 0. The van der Waals surface area contributed by atoms with E-state index >= 15 is 0 Å². The zero-order valence-electron chi connectivity index (χ0n) is 9.71. The van der Waals surface area contributed by atoms with E-state index in [1.807, 2.05) is 13.1 Å². The Hall–Kier alpha value is -2.11. The number of nitrogens with zero attached hydrogens (tertiary/aromatic N) is 3. The lowest BCUT2D eigenvalue weighted by atomic mass is 10.2. The highest BCUT2D eigenvalue weighted by Crippen LogP contribution is 2.19. The average molecular weight is 235 g/mol. The van der Waals surface area contributed by atoms with Gasteiger partial charge in [-0.3, -0.25) is 4.68 Å². The van der Waals surface area contributed by atoms with Crippen LogP contribution in [0.25, 0.3) is 11.3 Å². The molecule has 2 heterocycles. The van der Waals surface area contributed by atoms with Crippen molar-refractivity contribution in [3.05, 3.63) is 24.2 Å². The van der Waals surface area contributed by atoms with Crippen molar-refractivity contribution in [3.63, 3.8) is 0 Å². The van der Waals surface area contributed by atoms with Crippen LogP contribution in [0, 0.1) is 0 Å². The number of ether oxygens (including phenoxy) is 1. The summed E-state index contributed by atoms with van der Waals surface area (Å²) in [5.41, 5.74) is 0.959. The van der Waals surface area contributed by atoms with E-state index in [9.17, 15) is 4.79 Å². The number of carbonyl (C=O) groups excluding carboxylic acids is 1. The van der Waals surface area contributed by atoms with Crippen molar-refractivity contribution in [1.29, 1.82) is 0 Å². The molecule has 0 aliphatic heterocycles. The van der Waals surface area contributed by atoms with Gasteiger partial charge < -0.3 is 9.26 Å². The van der Waals surface area contributed by atoms with Crippen molar-refractivity contribution in [2.45, 2.75) is 20.4 Å². The van der Waals surface area contributed by atoms with E-state index in [0.29, 0.717) is 12.4 Å². The molecule has 2 rings (SSSR count). The maximum atomic E-state index is 11.4. The molecule has 0 bridgehead atoms. The molecule has 17 heavy (non-hydrogen) atoms. The third-order valence-electron chi connectivity index (χ3n) is 2.24. The fraction of sp³-hybridized carbons (Fsp3) is 0.364. The smallest absolute Gasteiger partial charge is 0.360 e. The molecule has 0 spiro atoms. The highest BCUT2D eigenvalue weighted by Gasteiger charge is 2.15. The predicted octanol–water partition coefficient (Wildman–Crippen LogP) is 1.73. The topological polar surface area (TPSA) is 70.2 Å². The van der Waals surface area contributed by atoms with Gasteiger partial charge >= 0.3 is 5.97 Å². The summed E-state index contributed by atoms with van der Waals surface area (Å²) in [7, 11) is 0. The van der Waals surface area contributed by atoms with Gasteiger partial charge in [-0.1, -0.05) is 5.16 Å². The van der Waals surface area contributed by atoms with Gasteiger partial charge in [0.15, 0.2) is 11.5 Å². The van der Waals surface area contributed by atoms with E-state index in [4.69, 9.17) is 9.26 Å². The maximum absolute atomic E-state index is 11.4. The Morgan fingerprint density at radius 3 is 3.00 bits per heavy atom. The van der Waals surface area contributed by atoms with Crippen molar-refractivity contribution in [2.75, 3.05) is 6.61 Å². The molecule has 0 saturated carbocycles. The number of esters is 1. The van der Waals surface area contributed by atoms with Gasteiger partial charge in [-0.25, -0.2) is 4.79 Å². The summed E-state index contributed by atoms with van der Waals surface area (Å²) in [4.78, 5) is 11.4. The highest BCUT2D eigenvalue weighted by molar-refractivity contribution is 5.88. The van der Waals surface area contributed by atoms with E-state index in [1.54, 1.807) is 23.9 Å². The number of carbonyl (C=O) groups is 1. The third kappa shape index (κ3) is 2.35. The van der Waals surface area contributed by atoms with E-state index in [2.05, 4.69) is 10.3 Å². The van der Waals surface area contributed by atoms with Crippen LogP contribution >= 0.6 is 0 Å². The van der Waals surface area contributed by atoms with E-state index < -0.39 is 5.97 Å². The van der Waals surface area contributed by atoms with Crippen molar-refractivity contribution < 1.29 is 14.1 Å². The molecule has 2 aromatic heterocycles. The Morgan fingerprint density at radius 2 is 2.35 bits per heavy atom. The normalized spacial score (nSPS) is 10.5. The predicted molar refractivity (Wildman–Crippen MR) is 59.4 cm³/mol. The van der Waals surface area contributed by atoms with Crippen molar-refractivity contribution in [1.82, 2.24) is 14.9 Å². The first kappa shape index (κ1) is 11.4. The fourth-order valence-corrected chi connectivity index (χ4v) is 1.38. The molecule has 6 nitrogen and oxygen atoms in total. The molecule has 2 aromatic rings. The second-order valence-electron chi connectivity index (χ2n) is 3.38. The Labute approximate surface area is 98.2 Å². The van der Waals surface area contributed by atoms with Crippen LogP contribution in [0.3, 0.4) is 0 Å². The second-order valence-corrected chi connectivity index (χ2v) is 3.38. The lowest BCUT2D eigenvalue weighted by molar-refractivity contribution is 0.0514. The van der Waals surface area contributed by atoms with Crippen LogP contribution in [0.15, 0.2) is 23.0 Å². The molecule has 0 amide bonds. The van der Waals surface area contributed by atoms with Crippen LogP contribution in [0.5, 0.6) is 0 Å². The zero-order valence-corrected chi connectivity index (χ0v) is 9.71. The SMILES string of the molecule is CCOC(=O)c1cc(-c2cnn(CC)c2)on1. The minimum atomic E-state index is -0.481. The molecule has 0 atom stereocenters. The molecule has 6 heteroatoms. The van der Waals surface area contributed by atoms with Gasteiger partial charge in [0.1, 0.15) is 0 Å². The van der Waals surface area contributed by atoms with E-state index in [1.165, 1.54) is 0 Å². The van der Waals surface area contributed by atoms with E-state index in [-0.39, 0.29) is 5.69 Å². The quantitative estimate of drug-likeness (QED) is 0.755. The summed E-state index contributed by atoms with van der Waals surface area (Å²) in [6.45, 7) is 4.82. The largest absolute Gasteiger partial charge is 0.461 e. The summed E-state index contributed by atoms with van der Waals surface area (Å²) in [5.74, 6) is 0.0261. The van der Waals surface area contributed by atoms with Crippen molar-refractivity contribution in [2.24, 2.45) is 0 Å². The summed E-state index contributed by atoms with van der Waals surface area (Å²) in [5, 5.41) is 7.77. The molecule has 0 unspecified atom stereocenters. The summed E-state index contributed by atoms with van der Waals surface area (Å²) < 4.78 is 11.7. The van der Waals surface area contributed by atoms with Gasteiger partial charge in [-0.15, -0.1) is 0 Å². The lowest BCUT2D eigenvalue weighted by Crippen LogP contribution is -2.04. The molecule has 0 aliphatic carbocycles. The summed E-state index contributed by atoms with van der Waals surface area (Å²) >= 11 is 0. The first-order chi connectivity index (χ1) is 8.24. The van der Waals surface area contributed by atoms with Crippen LogP contribution in [-0.4, -0.2) is 27.5 Å². The van der Waals surface area contributed by atoms with Gasteiger partial charge in [0.25, 0.3) is 0 Å². The first-order valence-electron chi connectivity index (χ1n) is 5.41. The van der Waals surface area contributed by atoms with Crippen LogP contribution in [0.4, 0.5) is 0 Å². The average Bonchev–Trinajstić information content (AvgIpc) is 2.98. The highest BCUT2D eigenvalue weighted by atomic mass is 16.5. The Bertz CT molecular complexity index is 516. The van der Waals surface area contributed by atoms with Crippen LogP contribution in [0.1, 0.15) is 24.3 Å². The zero-order chi connectivity index (χ0) is 12.3. The van der Waals surface area contributed by atoms with Gasteiger partial charge in [0, 0.05) is 18.8 Å². The van der Waals surface area contributed by atoms with E-state index in [0.717, 1.165) is 12.1 Å². The monoisotopic (exact) mass is 235 g/mol. The van der Waals surface area contributed by atoms with Gasteiger partial charge in [-0.2, -0.15) is 5.10 Å². The number of aryl methyl sites for hydroxylation is 1. The summed E-state index contributed by atoms with van der Waals surface area (Å²) in [6.07, 6.45) is 3.49. The standard InChI is InChI=1S/C11H13N3O3/c1-3-14-7-8(6-12-14)10-5-9(13-17-10)11(15)16-4-2/h5-7H,3-4H2,1-2H3. The molecule has 90 valence electrons. The van der Waals surface area contributed by atoms with Gasteiger partial charge in [0.05, 0.1) is 18.4 Å². The molecule has 0 radical (unpaired) electrons. The molecule has 0 saturated heterocycles. The van der Waals surface area contributed by atoms with Crippen LogP contribution < -0.4 is 0 Å².